The number of hydrogen-bond acceptors (Lipinski definition) is 3. The van der Waals surface area contributed by atoms with E-state index in [0.29, 0.717) is 17.8 Å². The van der Waals surface area contributed by atoms with E-state index in [2.05, 4.69) is 15.7 Å². The lowest BCUT2D eigenvalue weighted by Crippen LogP contribution is -2.50. The number of piperidine rings is 1. The van der Waals surface area contributed by atoms with Crippen molar-refractivity contribution in [3.63, 3.8) is 0 Å². The van der Waals surface area contributed by atoms with E-state index in [1.165, 1.54) is 0 Å². The van der Waals surface area contributed by atoms with Crippen molar-refractivity contribution in [2.75, 3.05) is 13.1 Å². The van der Waals surface area contributed by atoms with Gasteiger partial charge >= 0.3 is 6.18 Å². The molecular weight excluding hydrogens is 345 g/mol. The first-order valence-corrected chi connectivity index (χ1v) is 8.52. The number of para-hydroxylation sites is 1. The standard InChI is InChI=1S/C18H21F3N4O/c1-11-7-8-22-10-14(11)24-17(26)13-9-23-25(16(13)18(19,20)21)15-6-4-3-5-12(15)2/h3-6,9,11,14,22H,7-8,10H2,1-2H3,(H,24,26). The Hall–Kier alpha value is -2.35. The Balaban J connectivity index is 1.97. The third-order valence-corrected chi connectivity index (χ3v) is 4.77. The zero-order valence-corrected chi connectivity index (χ0v) is 14.6. The Morgan fingerprint density at radius 3 is 2.73 bits per heavy atom. The number of alkyl halides is 3. The maximum Gasteiger partial charge on any atom is 0.434 e. The Morgan fingerprint density at radius 2 is 2.08 bits per heavy atom. The number of rotatable bonds is 3. The summed E-state index contributed by atoms with van der Waals surface area (Å²) in [6, 6.07) is 6.41. The van der Waals surface area contributed by atoms with Gasteiger partial charge in [0.2, 0.25) is 0 Å². The average Bonchev–Trinajstić information content (AvgIpc) is 3.02. The summed E-state index contributed by atoms with van der Waals surface area (Å²) in [5, 5.41) is 9.74. The van der Waals surface area contributed by atoms with Crippen LogP contribution in [0.25, 0.3) is 5.69 Å². The molecule has 0 aliphatic carbocycles. The van der Waals surface area contributed by atoms with Crippen molar-refractivity contribution in [1.29, 1.82) is 0 Å². The van der Waals surface area contributed by atoms with Crippen molar-refractivity contribution in [2.24, 2.45) is 5.92 Å². The third-order valence-electron chi connectivity index (χ3n) is 4.77. The van der Waals surface area contributed by atoms with Gasteiger partial charge in [-0.25, -0.2) is 4.68 Å². The average molecular weight is 366 g/mol. The molecule has 0 saturated carbocycles. The van der Waals surface area contributed by atoms with Gasteiger partial charge < -0.3 is 10.6 Å². The highest BCUT2D eigenvalue weighted by molar-refractivity contribution is 5.95. The summed E-state index contributed by atoms with van der Waals surface area (Å²) in [6.45, 7) is 5.06. The zero-order chi connectivity index (χ0) is 18.9. The largest absolute Gasteiger partial charge is 0.434 e. The second-order valence-electron chi connectivity index (χ2n) is 6.65. The minimum Gasteiger partial charge on any atom is -0.348 e. The number of nitrogens with one attached hydrogen (secondary N) is 2. The minimum atomic E-state index is -4.71. The van der Waals surface area contributed by atoms with E-state index in [4.69, 9.17) is 0 Å². The normalized spacial score (nSPS) is 20.8. The van der Waals surface area contributed by atoms with Gasteiger partial charge in [-0.05, 0) is 37.4 Å². The van der Waals surface area contributed by atoms with Crippen LogP contribution < -0.4 is 10.6 Å². The van der Waals surface area contributed by atoms with E-state index >= 15 is 0 Å². The van der Waals surface area contributed by atoms with Gasteiger partial charge in [0.05, 0.1) is 17.4 Å². The maximum absolute atomic E-state index is 13.7. The van der Waals surface area contributed by atoms with Crippen LogP contribution in [-0.2, 0) is 6.18 Å². The highest BCUT2D eigenvalue weighted by Gasteiger charge is 2.41. The first kappa shape index (κ1) is 18.4. The predicted molar refractivity (Wildman–Crippen MR) is 91.2 cm³/mol. The van der Waals surface area contributed by atoms with Gasteiger partial charge in [-0.15, -0.1) is 0 Å². The second kappa shape index (κ2) is 7.11. The van der Waals surface area contributed by atoms with Crippen LogP contribution >= 0.6 is 0 Å². The SMILES string of the molecule is Cc1ccccc1-n1ncc(C(=O)NC2CNCCC2C)c1C(F)(F)F. The summed E-state index contributed by atoms with van der Waals surface area (Å²) in [5.41, 5.74) is -0.580. The molecule has 8 heteroatoms. The Kier molecular flexibility index (Phi) is 5.04. The molecule has 1 aliphatic rings. The molecule has 0 radical (unpaired) electrons. The van der Waals surface area contributed by atoms with Crippen molar-refractivity contribution in [3.05, 3.63) is 47.3 Å². The molecule has 2 aromatic rings. The fraction of sp³-hybridized carbons (Fsp3) is 0.444. The Labute approximate surface area is 149 Å². The van der Waals surface area contributed by atoms with Gasteiger partial charge in [0.25, 0.3) is 5.91 Å². The summed E-state index contributed by atoms with van der Waals surface area (Å²) in [5.74, 6) is -0.557. The summed E-state index contributed by atoms with van der Waals surface area (Å²) in [4.78, 5) is 12.6. The molecule has 1 saturated heterocycles. The first-order valence-electron chi connectivity index (χ1n) is 8.52. The van der Waals surface area contributed by atoms with Crippen LogP contribution in [-0.4, -0.2) is 34.8 Å². The number of nitrogens with zero attached hydrogens (tertiary/aromatic N) is 2. The molecule has 2 N–H and O–H groups in total. The molecule has 3 rings (SSSR count). The number of carbonyl (C=O) groups is 1. The van der Waals surface area contributed by atoms with Gasteiger partial charge in [0.1, 0.15) is 0 Å². The highest BCUT2D eigenvalue weighted by Crippen LogP contribution is 2.34. The molecule has 2 heterocycles. The molecule has 2 atom stereocenters. The Bertz CT molecular complexity index is 800. The van der Waals surface area contributed by atoms with Crippen LogP contribution in [0.5, 0.6) is 0 Å². The van der Waals surface area contributed by atoms with Crippen LogP contribution in [0.4, 0.5) is 13.2 Å². The number of halogens is 3. The fourth-order valence-electron chi connectivity index (χ4n) is 3.20. The van der Waals surface area contributed by atoms with Crippen molar-refractivity contribution in [1.82, 2.24) is 20.4 Å². The maximum atomic E-state index is 13.7. The zero-order valence-electron chi connectivity index (χ0n) is 14.6. The lowest BCUT2D eigenvalue weighted by Gasteiger charge is -2.30. The molecule has 1 amide bonds. The quantitative estimate of drug-likeness (QED) is 0.878. The van der Waals surface area contributed by atoms with E-state index in [-0.39, 0.29) is 12.0 Å². The molecule has 140 valence electrons. The molecule has 2 unspecified atom stereocenters. The summed E-state index contributed by atoms with van der Waals surface area (Å²) in [7, 11) is 0. The Morgan fingerprint density at radius 1 is 1.35 bits per heavy atom. The summed E-state index contributed by atoms with van der Waals surface area (Å²) >= 11 is 0. The van der Waals surface area contributed by atoms with Crippen molar-refractivity contribution in [3.8, 4) is 5.69 Å². The predicted octanol–water partition coefficient (Wildman–Crippen LogP) is 2.93. The van der Waals surface area contributed by atoms with Crippen molar-refractivity contribution >= 4 is 5.91 Å². The number of aryl methyl sites for hydroxylation is 1. The van der Waals surface area contributed by atoms with Gasteiger partial charge in [-0.1, -0.05) is 25.1 Å². The molecule has 1 aliphatic heterocycles. The second-order valence-corrected chi connectivity index (χ2v) is 6.65. The summed E-state index contributed by atoms with van der Waals surface area (Å²) < 4.78 is 42.0. The molecule has 26 heavy (non-hydrogen) atoms. The number of aromatic nitrogens is 2. The highest BCUT2D eigenvalue weighted by atomic mass is 19.4. The van der Waals surface area contributed by atoms with Crippen LogP contribution in [0.2, 0.25) is 0 Å². The lowest BCUT2D eigenvalue weighted by molar-refractivity contribution is -0.143. The monoisotopic (exact) mass is 366 g/mol. The molecule has 1 aromatic carbocycles. The van der Waals surface area contributed by atoms with E-state index < -0.39 is 23.3 Å². The first-order chi connectivity index (χ1) is 12.3. The molecule has 1 fully saturated rings. The molecule has 0 spiro atoms. The van der Waals surface area contributed by atoms with Crippen LogP contribution in [0.15, 0.2) is 30.5 Å². The minimum absolute atomic E-state index is 0.195. The molecule has 0 bridgehead atoms. The van der Waals surface area contributed by atoms with Gasteiger partial charge in [0, 0.05) is 12.6 Å². The molecule has 1 aromatic heterocycles. The van der Waals surface area contributed by atoms with Gasteiger partial charge in [-0.2, -0.15) is 18.3 Å². The van der Waals surface area contributed by atoms with E-state index in [9.17, 15) is 18.0 Å². The number of amides is 1. The smallest absolute Gasteiger partial charge is 0.348 e. The van der Waals surface area contributed by atoms with Gasteiger partial charge in [0.15, 0.2) is 5.69 Å². The third kappa shape index (κ3) is 3.60. The number of hydrogen-bond donors (Lipinski definition) is 2. The lowest BCUT2D eigenvalue weighted by atomic mass is 9.94. The van der Waals surface area contributed by atoms with E-state index in [1.807, 2.05) is 6.92 Å². The fourth-order valence-corrected chi connectivity index (χ4v) is 3.20. The topological polar surface area (TPSA) is 59.0 Å². The van der Waals surface area contributed by atoms with E-state index in [0.717, 1.165) is 23.8 Å². The molecular formula is C18H21F3N4O. The van der Waals surface area contributed by atoms with Crippen LogP contribution in [0.3, 0.4) is 0 Å². The van der Waals surface area contributed by atoms with Crippen LogP contribution in [0, 0.1) is 12.8 Å². The van der Waals surface area contributed by atoms with Gasteiger partial charge in [-0.3, -0.25) is 4.79 Å². The number of carbonyl (C=O) groups excluding carboxylic acids is 1. The van der Waals surface area contributed by atoms with Crippen molar-refractivity contribution < 1.29 is 18.0 Å². The van der Waals surface area contributed by atoms with Crippen molar-refractivity contribution in [2.45, 2.75) is 32.5 Å². The molecule has 5 nitrogen and oxygen atoms in total. The summed E-state index contributed by atoms with van der Waals surface area (Å²) in [6.07, 6.45) is -2.85. The van der Waals surface area contributed by atoms with Crippen LogP contribution in [0.1, 0.15) is 35.0 Å². The number of benzene rings is 1. The van der Waals surface area contributed by atoms with E-state index in [1.54, 1.807) is 31.2 Å².